The zero-order valence-electron chi connectivity index (χ0n) is 7.78. The highest BCUT2D eigenvalue weighted by atomic mass is 16.5. The summed E-state index contributed by atoms with van der Waals surface area (Å²) in [5, 5.41) is 9.26. The Bertz CT molecular complexity index is 340. The molecule has 5 N–H and O–H groups in total. The molecule has 1 rings (SSSR count). The largest absolute Gasteiger partial charge is 0.504 e. The van der Waals surface area contributed by atoms with Crippen LogP contribution in [0.5, 0.6) is 5.75 Å². The molecule has 1 aromatic carbocycles. The van der Waals surface area contributed by atoms with E-state index in [1.165, 1.54) is 19.2 Å². The Balaban J connectivity index is 2.95. The van der Waals surface area contributed by atoms with E-state index in [2.05, 4.69) is 4.74 Å². The second-order valence-electron chi connectivity index (χ2n) is 2.88. The zero-order chi connectivity index (χ0) is 10.7. The number of benzene rings is 1. The van der Waals surface area contributed by atoms with E-state index >= 15 is 0 Å². The number of esters is 1. The molecule has 0 aliphatic carbocycles. The van der Waals surface area contributed by atoms with E-state index in [4.69, 9.17) is 11.5 Å². The van der Waals surface area contributed by atoms with Crippen molar-refractivity contribution in [3.8, 4) is 5.75 Å². The highest BCUT2D eigenvalue weighted by Gasteiger charge is 2.08. The van der Waals surface area contributed by atoms with Crippen molar-refractivity contribution in [3.05, 3.63) is 17.7 Å². The van der Waals surface area contributed by atoms with Crippen LogP contribution in [0.2, 0.25) is 0 Å². The van der Waals surface area contributed by atoms with Gasteiger partial charge in [-0.05, 0) is 17.7 Å². The first-order chi connectivity index (χ1) is 6.54. The Kier molecular flexibility index (Phi) is 2.81. The SMILES string of the molecule is COC(=O)Cc1cc(N)c(O)c(N)c1. The number of ether oxygens (including phenoxy) is 1. The number of nitrogen functional groups attached to an aromatic ring is 2. The first-order valence-corrected chi connectivity index (χ1v) is 3.98. The monoisotopic (exact) mass is 196 g/mol. The van der Waals surface area contributed by atoms with Gasteiger partial charge in [0.25, 0.3) is 0 Å². The molecule has 5 nitrogen and oxygen atoms in total. The molecule has 0 bridgehead atoms. The standard InChI is InChI=1S/C9H12N2O3/c1-14-8(12)4-5-2-6(10)9(13)7(11)3-5/h2-3,13H,4,10-11H2,1H3. The average Bonchev–Trinajstić information content (AvgIpc) is 2.14. The highest BCUT2D eigenvalue weighted by molar-refractivity contribution is 5.75. The number of carbonyl (C=O) groups excluding carboxylic acids is 1. The van der Waals surface area contributed by atoms with Gasteiger partial charge in [0.15, 0.2) is 5.75 Å². The van der Waals surface area contributed by atoms with Gasteiger partial charge in [-0.1, -0.05) is 0 Å². The molecule has 0 aromatic heterocycles. The molecule has 0 fully saturated rings. The zero-order valence-corrected chi connectivity index (χ0v) is 7.78. The van der Waals surface area contributed by atoms with E-state index in [1.54, 1.807) is 0 Å². The quantitative estimate of drug-likeness (QED) is 0.358. The third kappa shape index (κ3) is 2.07. The van der Waals surface area contributed by atoms with Crippen molar-refractivity contribution in [1.29, 1.82) is 0 Å². The molecule has 0 saturated carbocycles. The van der Waals surface area contributed by atoms with Gasteiger partial charge in [-0.2, -0.15) is 0 Å². The van der Waals surface area contributed by atoms with Crippen molar-refractivity contribution in [3.63, 3.8) is 0 Å². The number of phenols is 1. The van der Waals surface area contributed by atoms with E-state index in [9.17, 15) is 9.90 Å². The predicted molar refractivity (Wildman–Crippen MR) is 52.7 cm³/mol. The van der Waals surface area contributed by atoms with Crippen LogP contribution in [0, 0.1) is 0 Å². The third-order valence-corrected chi connectivity index (χ3v) is 1.80. The molecule has 0 aliphatic rings. The van der Waals surface area contributed by atoms with Gasteiger partial charge in [-0.15, -0.1) is 0 Å². The minimum atomic E-state index is -0.380. The molecule has 0 spiro atoms. The number of phenolic OH excluding ortho intramolecular Hbond substituents is 1. The number of hydrogen-bond acceptors (Lipinski definition) is 5. The molecule has 5 heteroatoms. The van der Waals surface area contributed by atoms with Gasteiger partial charge >= 0.3 is 5.97 Å². The Labute approximate surface area is 81.3 Å². The highest BCUT2D eigenvalue weighted by Crippen LogP contribution is 2.28. The summed E-state index contributed by atoms with van der Waals surface area (Å²) < 4.78 is 4.48. The lowest BCUT2D eigenvalue weighted by molar-refractivity contribution is -0.139. The van der Waals surface area contributed by atoms with Crippen molar-refractivity contribution < 1.29 is 14.6 Å². The average molecular weight is 196 g/mol. The van der Waals surface area contributed by atoms with Gasteiger partial charge in [-0.3, -0.25) is 4.79 Å². The molecule has 0 amide bonds. The van der Waals surface area contributed by atoms with Gasteiger partial charge in [0, 0.05) is 0 Å². The van der Waals surface area contributed by atoms with Crippen LogP contribution in [0.1, 0.15) is 5.56 Å². The third-order valence-electron chi connectivity index (χ3n) is 1.80. The summed E-state index contributed by atoms with van der Waals surface area (Å²) in [6, 6.07) is 2.98. The fraction of sp³-hybridized carbons (Fsp3) is 0.222. The summed E-state index contributed by atoms with van der Waals surface area (Å²) in [6.45, 7) is 0. The molecular formula is C9H12N2O3. The molecule has 1 aromatic rings. The van der Waals surface area contributed by atoms with Gasteiger partial charge < -0.3 is 21.3 Å². The molecular weight excluding hydrogens is 184 g/mol. The van der Waals surface area contributed by atoms with Crippen molar-refractivity contribution in [1.82, 2.24) is 0 Å². The summed E-state index contributed by atoms with van der Waals surface area (Å²) in [6.07, 6.45) is 0.0885. The number of aromatic hydroxyl groups is 1. The van der Waals surface area contributed by atoms with Crippen LogP contribution in [-0.4, -0.2) is 18.2 Å². The topological polar surface area (TPSA) is 98.6 Å². The van der Waals surface area contributed by atoms with Crippen molar-refractivity contribution >= 4 is 17.3 Å². The molecule has 0 radical (unpaired) electrons. The smallest absolute Gasteiger partial charge is 0.309 e. The number of hydrogen-bond donors (Lipinski definition) is 3. The first-order valence-electron chi connectivity index (χ1n) is 3.98. The Morgan fingerprint density at radius 2 is 1.93 bits per heavy atom. The normalized spacial score (nSPS) is 9.79. The molecule has 0 saturated heterocycles. The lowest BCUT2D eigenvalue weighted by atomic mass is 10.1. The number of rotatable bonds is 2. The van der Waals surface area contributed by atoms with Crippen molar-refractivity contribution in [2.75, 3.05) is 18.6 Å². The van der Waals surface area contributed by atoms with E-state index in [1.807, 2.05) is 0 Å². The Morgan fingerprint density at radius 1 is 1.43 bits per heavy atom. The number of nitrogens with two attached hydrogens (primary N) is 2. The van der Waals surface area contributed by atoms with Crippen molar-refractivity contribution in [2.24, 2.45) is 0 Å². The summed E-state index contributed by atoms with van der Waals surface area (Å²) in [7, 11) is 1.30. The lowest BCUT2D eigenvalue weighted by Gasteiger charge is -2.06. The number of anilines is 2. The lowest BCUT2D eigenvalue weighted by Crippen LogP contribution is -2.05. The van der Waals surface area contributed by atoms with Crippen LogP contribution in [-0.2, 0) is 16.0 Å². The van der Waals surface area contributed by atoms with Crippen LogP contribution in [0.15, 0.2) is 12.1 Å². The summed E-state index contributed by atoms with van der Waals surface area (Å²) >= 11 is 0. The van der Waals surface area contributed by atoms with Gasteiger partial charge in [-0.25, -0.2) is 0 Å². The number of carbonyl (C=O) groups is 1. The second kappa shape index (κ2) is 3.87. The van der Waals surface area contributed by atoms with Gasteiger partial charge in [0.2, 0.25) is 0 Å². The van der Waals surface area contributed by atoms with E-state index in [0.29, 0.717) is 5.56 Å². The van der Waals surface area contributed by atoms with Crippen LogP contribution in [0.25, 0.3) is 0 Å². The summed E-state index contributed by atoms with van der Waals surface area (Å²) in [5.41, 5.74) is 11.8. The molecule has 14 heavy (non-hydrogen) atoms. The fourth-order valence-corrected chi connectivity index (χ4v) is 1.09. The van der Waals surface area contributed by atoms with E-state index in [0.717, 1.165) is 0 Å². The predicted octanol–water partition coefficient (Wildman–Crippen LogP) is 0.272. The minimum Gasteiger partial charge on any atom is -0.504 e. The minimum absolute atomic E-state index is 0.0885. The molecule has 0 aliphatic heterocycles. The molecule has 0 unspecified atom stereocenters. The number of methoxy groups -OCH3 is 1. The molecule has 0 heterocycles. The van der Waals surface area contributed by atoms with Crippen LogP contribution >= 0.6 is 0 Å². The molecule has 76 valence electrons. The van der Waals surface area contributed by atoms with Crippen molar-refractivity contribution in [2.45, 2.75) is 6.42 Å². The Hall–Kier alpha value is -1.91. The maximum Gasteiger partial charge on any atom is 0.309 e. The van der Waals surface area contributed by atoms with Gasteiger partial charge in [0.1, 0.15) is 0 Å². The van der Waals surface area contributed by atoms with E-state index < -0.39 is 0 Å². The summed E-state index contributed by atoms with van der Waals surface area (Å²) in [4.78, 5) is 10.9. The van der Waals surface area contributed by atoms with Gasteiger partial charge in [0.05, 0.1) is 24.9 Å². The second-order valence-corrected chi connectivity index (χ2v) is 2.88. The Morgan fingerprint density at radius 3 is 2.36 bits per heavy atom. The van der Waals surface area contributed by atoms with Crippen LogP contribution in [0.4, 0.5) is 11.4 Å². The maximum absolute atomic E-state index is 10.9. The fourth-order valence-electron chi connectivity index (χ4n) is 1.09. The van der Waals surface area contributed by atoms with Crippen LogP contribution in [0.3, 0.4) is 0 Å². The molecule has 0 atom stereocenters. The van der Waals surface area contributed by atoms with Crippen LogP contribution < -0.4 is 11.5 Å². The first kappa shape index (κ1) is 10.2. The van der Waals surface area contributed by atoms with E-state index in [-0.39, 0.29) is 29.5 Å². The maximum atomic E-state index is 10.9. The summed E-state index contributed by atoms with van der Waals surface area (Å²) in [5.74, 6) is -0.534.